The molecule has 1 saturated heterocycles. The molecule has 7 nitrogen and oxygen atoms in total. The molecule has 1 aliphatic heterocycles. The molecule has 0 radical (unpaired) electrons. The fraction of sp³-hybridized carbons (Fsp3) is 0.625. The highest BCUT2D eigenvalue weighted by Gasteiger charge is 2.44. The van der Waals surface area contributed by atoms with Crippen molar-refractivity contribution in [1.82, 2.24) is 21.1 Å². The van der Waals surface area contributed by atoms with Crippen molar-refractivity contribution in [2.75, 3.05) is 26.2 Å². The third-order valence-electron chi connectivity index (χ3n) is 6.19. The fourth-order valence-corrected chi connectivity index (χ4v) is 3.96. The van der Waals surface area contributed by atoms with Gasteiger partial charge in [-0.05, 0) is 75.6 Å². The first-order valence-electron chi connectivity index (χ1n) is 11.7. The lowest BCUT2D eigenvalue weighted by Crippen LogP contribution is -2.41. The van der Waals surface area contributed by atoms with E-state index in [1.807, 2.05) is 4.90 Å². The van der Waals surface area contributed by atoms with E-state index in [2.05, 4.69) is 16.2 Å². The molecule has 1 aromatic rings. The van der Waals surface area contributed by atoms with Gasteiger partial charge < -0.3 is 20.1 Å². The molecule has 32 heavy (non-hydrogen) atoms. The zero-order chi connectivity index (χ0) is 22.8. The minimum Gasteiger partial charge on any atom is -0.488 e. The lowest BCUT2D eigenvalue weighted by atomic mass is 10.0. The van der Waals surface area contributed by atoms with Crippen LogP contribution in [0.4, 0.5) is 9.18 Å². The Balaban J connectivity index is 1.15. The summed E-state index contributed by atoms with van der Waals surface area (Å²) in [4.78, 5) is 13.9. The minimum atomic E-state index is -1.02. The standard InChI is InChI=1S/C24H35FN4O3/c1-23(2,31)16-32-21-14-18(8-9-19(21)25)24(10-11-24)28-26-12-4-3-5-13-29-15-20(17-6-7-17)27-22(29)30/h8-9,14,26,28,31H,3-7,10-13,15-16H2,1-2H3,(H,27,30). The average molecular weight is 447 g/mol. The second-order valence-electron chi connectivity index (χ2n) is 9.87. The molecule has 0 spiro atoms. The Morgan fingerprint density at radius 2 is 2.03 bits per heavy atom. The van der Waals surface area contributed by atoms with Gasteiger partial charge in [-0.15, -0.1) is 0 Å². The third-order valence-corrected chi connectivity index (χ3v) is 6.19. The number of halogens is 1. The number of nitrogens with zero attached hydrogens (tertiary/aromatic N) is 1. The predicted molar refractivity (Wildman–Crippen MR) is 120 cm³/mol. The van der Waals surface area contributed by atoms with Crippen LogP contribution in [0.25, 0.3) is 0 Å². The molecule has 0 bridgehead atoms. The Morgan fingerprint density at radius 1 is 1.25 bits per heavy atom. The molecule has 2 aliphatic carbocycles. The molecule has 2 amide bonds. The first-order valence-corrected chi connectivity index (χ1v) is 11.7. The van der Waals surface area contributed by atoms with Gasteiger partial charge >= 0.3 is 6.03 Å². The normalized spacial score (nSPS) is 19.4. The highest BCUT2D eigenvalue weighted by molar-refractivity contribution is 5.80. The number of carbonyl (C=O) groups is 1. The minimum absolute atomic E-state index is 0.0316. The molecule has 3 aliphatic rings. The van der Waals surface area contributed by atoms with Crippen LogP contribution in [-0.2, 0) is 5.54 Å². The molecule has 176 valence electrons. The topological polar surface area (TPSA) is 85.9 Å². The number of hydrazine groups is 1. The summed E-state index contributed by atoms with van der Waals surface area (Å²) >= 11 is 0. The summed E-state index contributed by atoms with van der Waals surface area (Å²) in [5, 5.41) is 12.8. The van der Waals surface area contributed by atoms with Crippen LogP contribution in [0, 0.1) is 5.82 Å². The maximum Gasteiger partial charge on any atom is 0.321 e. The van der Waals surface area contributed by atoms with E-state index in [1.165, 1.54) is 11.6 Å². The van der Waals surface area contributed by atoms with Gasteiger partial charge in [0.05, 0.1) is 17.7 Å². The average Bonchev–Trinajstić information content (AvgIpc) is 3.66. The van der Waals surface area contributed by atoms with Crippen molar-refractivity contribution in [3.05, 3.63) is 40.8 Å². The highest BCUT2D eigenvalue weighted by Crippen LogP contribution is 2.46. The molecular weight excluding hydrogens is 411 g/mol. The molecule has 8 heteroatoms. The molecule has 4 rings (SSSR count). The van der Waals surface area contributed by atoms with Gasteiger partial charge in [-0.3, -0.25) is 5.43 Å². The lowest BCUT2D eigenvalue weighted by Gasteiger charge is -2.21. The Kier molecular flexibility index (Phi) is 6.74. The van der Waals surface area contributed by atoms with Crippen LogP contribution in [0.5, 0.6) is 5.75 Å². The molecule has 1 aromatic carbocycles. The lowest BCUT2D eigenvalue weighted by molar-refractivity contribution is 0.0271. The summed E-state index contributed by atoms with van der Waals surface area (Å²) in [5.74, 6) is -0.252. The Bertz CT molecular complexity index is 870. The number of benzene rings is 1. The monoisotopic (exact) mass is 446 g/mol. The van der Waals surface area contributed by atoms with Crippen LogP contribution in [-0.4, -0.2) is 47.9 Å². The predicted octanol–water partition coefficient (Wildman–Crippen LogP) is 3.30. The van der Waals surface area contributed by atoms with E-state index in [-0.39, 0.29) is 23.9 Å². The smallest absolute Gasteiger partial charge is 0.321 e. The first kappa shape index (κ1) is 23.0. The number of allylic oxidation sites excluding steroid dienone is 1. The number of urea groups is 1. The van der Waals surface area contributed by atoms with Crippen molar-refractivity contribution in [2.45, 2.75) is 69.9 Å². The van der Waals surface area contributed by atoms with Gasteiger partial charge in [0.2, 0.25) is 0 Å². The molecule has 4 N–H and O–H groups in total. The van der Waals surface area contributed by atoms with E-state index >= 15 is 0 Å². The van der Waals surface area contributed by atoms with Crippen LogP contribution in [0.3, 0.4) is 0 Å². The molecule has 2 saturated carbocycles. The van der Waals surface area contributed by atoms with Gasteiger partial charge in [0.1, 0.15) is 6.61 Å². The summed E-state index contributed by atoms with van der Waals surface area (Å²) in [6.45, 7) is 5.66. The number of hydrogen-bond donors (Lipinski definition) is 4. The van der Waals surface area contributed by atoms with Gasteiger partial charge in [0, 0.05) is 18.8 Å². The summed E-state index contributed by atoms with van der Waals surface area (Å²) in [7, 11) is 0. The van der Waals surface area contributed by atoms with Crippen LogP contribution < -0.4 is 20.9 Å². The largest absolute Gasteiger partial charge is 0.488 e. The molecule has 3 fully saturated rings. The number of rotatable bonds is 12. The second kappa shape index (κ2) is 9.37. The number of aliphatic hydroxyl groups is 1. The van der Waals surface area contributed by atoms with E-state index < -0.39 is 11.4 Å². The number of carbonyl (C=O) groups excluding carboxylic acids is 1. The van der Waals surface area contributed by atoms with Crippen molar-refractivity contribution < 1.29 is 19.0 Å². The van der Waals surface area contributed by atoms with Gasteiger partial charge in [-0.25, -0.2) is 14.6 Å². The van der Waals surface area contributed by atoms with Gasteiger partial charge in [0.15, 0.2) is 11.6 Å². The molecule has 0 aromatic heterocycles. The Morgan fingerprint density at radius 3 is 2.72 bits per heavy atom. The zero-order valence-corrected chi connectivity index (χ0v) is 19.1. The van der Waals surface area contributed by atoms with E-state index in [0.29, 0.717) is 0 Å². The quantitative estimate of drug-likeness (QED) is 0.292. The Hall–Kier alpha value is -2.16. The number of nitrogens with one attached hydrogen (secondary N) is 3. The van der Waals surface area contributed by atoms with E-state index in [0.717, 1.165) is 75.8 Å². The maximum absolute atomic E-state index is 14.1. The Labute approximate surface area is 189 Å². The maximum atomic E-state index is 14.1. The second-order valence-corrected chi connectivity index (χ2v) is 9.87. The number of amides is 2. The van der Waals surface area contributed by atoms with E-state index in [4.69, 9.17) is 4.74 Å². The van der Waals surface area contributed by atoms with Gasteiger partial charge in [-0.1, -0.05) is 12.5 Å². The molecular formula is C24H35FN4O3. The number of hydrogen-bond acceptors (Lipinski definition) is 5. The van der Waals surface area contributed by atoms with Crippen LogP contribution in [0.2, 0.25) is 0 Å². The van der Waals surface area contributed by atoms with Crippen molar-refractivity contribution in [3.63, 3.8) is 0 Å². The van der Waals surface area contributed by atoms with Crippen LogP contribution in [0.15, 0.2) is 29.5 Å². The van der Waals surface area contributed by atoms with Crippen molar-refractivity contribution in [2.24, 2.45) is 0 Å². The first-order chi connectivity index (χ1) is 15.3. The zero-order valence-electron chi connectivity index (χ0n) is 19.1. The van der Waals surface area contributed by atoms with Crippen molar-refractivity contribution in [3.8, 4) is 5.75 Å². The van der Waals surface area contributed by atoms with E-state index in [9.17, 15) is 14.3 Å². The van der Waals surface area contributed by atoms with Crippen LogP contribution >= 0.6 is 0 Å². The molecule has 0 atom stereocenters. The van der Waals surface area contributed by atoms with Gasteiger partial charge in [0.25, 0.3) is 0 Å². The summed E-state index contributed by atoms with van der Waals surface area (Å²) in [6, 6.07) is 4.99. The summed E-state index contributed by atoms with van der Waals surface area (Å²) < 4.78 is 19.6. The van der Waals surface area contributed by atoms with Crippen LogP contribution in [0.1, 0.15) is 64.4 Å². The van der Waals surface area contributed by atoms with Crippen molar-refractivity contribution >= 4 is 6.03 Å². The summed E-state index contributed by atoms with van der Waals surface area (Å²) in [5.41, 5.74) is 9.04. The highest BCUT2D eigenvalue weighted by atomic mass is 19.1. The number of ether oxygens (including phenoxy) is 1. The fourth-order valence-electron chi connectivity index (χ4n) is 3.96. The SMILES string of the molecule is CC(C)(O)COc1cc(C2(NNCCCCCN3CC(=C4CC4)NC3=O)CC2)ccc1F. The molecule has 1 heterocycles. The van der Waals surface area contributed by atoms with Gasteiger partial charge in [-0.2, -0.15) is 0 Å². The van der Waals surface area contributed by atoms with E-state index in [1.54, 1.807) is 26.0 Å². The number of unbranched alkanes of at least 4 members (excludes halogenated alkanes) is 2. The molecule has 0 unspecified atom stereocenters. The third kappa shape index (κ3) is 5.99. The summed E-state index contributed by atoms with van der Waals surface area (Å²) in [6.07, 6.45) is 7.26. The van der Waals surface area contributed by atoms with Crippen molar-refractivity contribution in [1.29, 1.82) is 0 Å².